The van der Waals surface area contributed by atoms with Gasteiger partial charge in [-0.3, -0.25) is 4.79 Å². The Hall–Kier alpha value is -0.570. The van der Waals surface area contributed by atoms with Gasteiger partial charge in [0.25, 0.3) is 0 Å². The van der Waals surface area contributed by atoms with Crippen LogP contribution < -0.4 is 5.32 Å². The Labute approximate surface area is 92.3 Å². The standard InChI is InChI=1S/C12H23NO2/c1-4-13-12(11(14)15)8-6-5-7-10(12)9(2)3/h9-10,13H,4-8H2,1-3H3,(H,14,15). The minimum atomic E-state index is -0.666. The maximum atomic E-state index is 11.5. The van der Waals surface area contributed by atoms with Gasteiger partial charge in [-0.05, 0) is 31.2 Å². The molecule has 1 aliphatic rings. The highest BCUT2D eigenvalue weighted by molar-refractivity contribution is 5.79. The molecule has 0 spiro atoms. The van der Waals surface area contributed by atoms with Crippen molar-refractivity contribution in [1.82, 2.24) is 5.32 Å². The van der Waals surface area contributed by atoms with Crippen LogP contribution in [0.3, 0.4) is 0 Å². The molecule has 1 rings (SSSR count). The van der Waals surface area contributed by atoms with Crippen molar-refractivity contribution in [2.24, 2.45) is 11.8 Å². The van der Waals surface area contributed by atoms with Gasteiger partial charge >= 0.3 is 5.97 Å². The molecule has 0 radical (unpaired) electrons. The molecular weight excluding hydrogens is 190 g/mol. The summed E-state index contributed by atoms with van der Waals surface area (Å²) in [4.78, 5) is 11.5. The van der Waals surface area contributed by atoms with Crippen LogP contribution >= 0.6 is 0 Å². The summed E-state index contributed by atoms with van der Waals surface area (Å²) >= 11 is 0. The van der Waals surface area contributed by atoms with E-state index in [1.807, 2.05) is 6.92 Å². The molecule has 1 aliphatic carbocycles. The molecule has 88 valence electrons. The second-order valence-corrected chi connectivity index (χ2v) is 4.90. The lowest BCUT2D eigenvalue weighted by molar-refractivity contribution is -0.150. The van der Waals surface area contributed by atoms with E-state index < -0.39 is 11.5 Å². The van der Waals surface area contributed by atoms with Crippen molar-refractivity contribution in [2.45, 2.75) is 52.0 Å². The van der Waals surface area contributed by atoms with Crippen LogP contribution in [0.5, 0.6) is 0 Å². The fourth-order valence-electron chi connectivity index (χ4n) is 2.98. The Morgan fingerprint density at radius 3 is 2.67 bits per heavy atom. The van der Waals surface area contributed by atoms with E-state index >= 15 is 0 Å². The predicted molar refractivity (Wildman–Crippen MR) is 60.8 cm³/mol. The first-order chi connectivity index (χ1) is 7.04. The van der Waals surface area contributed by atoms with Crippen molar-refractivity contribution in [3.05, 3.63) is 0 Å². The molecule has 0 saturated heterocycles. The van der Waals surface area contributed by atoms with E-state index in [9.17, 15) is 9.90 Å². The minimum absolute atomic E-state index is 0.267. The summed E-state index contributed by atoms with van der Waals surface area (Å²) < 4.78 is 0. The van der Waals surface area contributed by atoms with Gasteiger partial charge in [0.05, 0.1) is 0 Å². The van der Waals surface area contributed by atoms with E-state index in [0.29, 0.717) is 5.92 Å². The molecule has 2 atom stereocenters. The van der Waals surface area contributed by atoms with E-state index in [0.717, 1.165) is 25.8 Å². The smallest absolute Gasteiger partial charge is 0.324 e. The van der Waals surface area contributed by atoms with E-state index in [4.69, 9.17) is 0 Å². The molecule has 0 aliphatic heterocycles. The third-order valence-corrected chi connectivity index (χ3v) is 3.65. The summed E-state index contributed by atoms with van der Waals surface area (Å²) in [6, 6.07) is 0. The van der Waals surface area contributed by atoms with Crippen LogP contribution in [-0.4, -0.2) is 23.2 Å². The number of hydrogen-bond donors (Lipinski definition) is 2. The molecule has 2 unspecified atom stereocenters. The zero-order valence-electron chi connectivity index (χ0n) is 10.0. The first-order valence-corrected chi connectivity index (χ1v) is 6.03. The average Bonchev–Trinajstić information content (AvgIpc) is 2.18. The third-order valence-electron chi connectivity index (χ3n) is 3.65. The highest BCUT2D eigenvalue weighted by Crippen LogP contribution is 2.38. The largest absolute Gasteiger partial charge is 0.480 e. The van der Waals surface area contributed by atoms with E-state index in [2.05, 4.69) is 19.2 Å². The normalized spacial score (nSPS) is 31.9. The molecule has 0 aromatic rings. The Morgan fingerprint density at radius 2 is 2.20 bits per heavy atom. The number of aliphatic carboxylic acids is 1. The number of likely N-dealkylation sites (N-methyl/N-ethyl adjacent to an activating group) is 1. The van der Waals surface area contributed by atoms with E-state index in [1.165, 1.54) is 6.42 Å². The molecule has 3 nitrogen and oxygen atoms in total. The zero-order valence-corrected chi connectivity index (χ0v) is 10.0. The first kappa shape index (κ1) is 12.5. The summed E-state index contributed by atoms with van der Waals surface area (Å²) in [6.07, 6.45) is 4.02. The van der Waals surface area contributed by atoms with Gasteiger partial charge < -0.3 is 10.4 Å². The van der Waals surface area contributed by atoms with Gasteiger partial charge in [-0.25, -0.2) is 0 Å². The summed E-state index contributed by atoms with van der Waals surface area (Å²) in [5.41, 5.74) is -0.666. The van der Waals surface area contributed by atoms with Crippen LogP contribution in [0.15, 0.2) is 0 Å². The molecular formula is C12H23NO2. The van der Waals surface area contributed by atoms with Crippen LogP contribution in [0.1, 0.15) is 46.5 Å². The monoisotopic (exact) mass is 213 g/mol. The van der Waals surface area contributed by atoms with E-state index in [-0.39, 0.29) is 5.92 Å². The number of carbonyl (C=O) groups is 1. The number of rotatable bonds is 4. The van der Waals surface area contributed by atoms with Gasteiger partial charge in [-0.2, -0.15) is 0 Å². The molecule has 2 N–H and O–H groups in total. The van der Waals surface area contributed by atoms with Crippen molar-refractivity contribution in [2.75, 3.05) is 6.54 Å². The van der Waals surface area contributed by atoms with Crippen LogP contribution in [0.25, 0.3) is 0 Å². The average molecular weight is 213 g/mol. The van der Waals surface area contributed by atoms with Crippen LogP contribution in [0.4, 0.5) is 0 Å². The molecule has 0 aromatic carbocycles. The lowest BCUT2D eigenvalue weighted by Crippen LogP contribution is -2.60. The lowest BCUT2D eigenvalue weighted by atomic mass is 9.68. The quantitative estimate of drug-likeness (QED) is 0.753. The van der Waals surface area contributed by atoms with E-state index in [1.54, 1.807) is 0 Å². The molecule has 0 amide bonds. The Balaban J connectivity index is 2.93. The highest BCUT2D eigenvalue weighted by atomic mass is 16.4. The molecule has 0 bridgehead atoms. The van der Waals surface area contributed by atoms with Crippen LogP contribution in [-0.2, 0) is 4.79 Å². The molecule has 0 aromatic heterocycles. The van der Waals surface area contributed by atoms with Gasteiger partial charge in [0.2, 0.25) is 0 Å². The van der Waals surface area contributed by atoms with Gasteiger partial charge in [-0.1, -0.05) is 33.6 Å². The minimum Gasteiger partial charge on any atom is -0.480 e. The SMILES string of the molecule is CCNC1(C(=O)O)CCCCC1C(C)C. The maximum Gasteiger partial charge on any atom is 0.324 e. The predicted octanol–water partition coefficient (Wildman–Crippen LogP) is 2.27. The fourth-order valence-corrected chi connectivity index (χ4v) is 2.98. The van der Waals surface area contributed by atoms with Crippen molar-refractivity contribution in [1.29, 1.82) is 0 Å². The zero-order chi connectivity index (χ0) is 11.5. The fraction of sp³-hybridized carbons (Fsp3) is 0.917. The first-order valence-electron chi connectivity index (χ1n) is 6.03. The number of carboxylic acids is 1. The molecule has 1 saturated carbocycles. The van der Waals surface area contributed by atoms with Crippen molar-refractivity contribution in [3.63, 3.8) is 0 Å². The third kappa shape index (κ3) is 2.33. The second-order valence-electron chi connectivity index (χ2n) is 4.90. The van der Waals surface area contributed by atoms with Gasteiger partial charge in [0.15, 0.2) is 0 Å². The Kier molecular flexibility index (Phi) is 4.14. The molecule has 15 heavy (non-hydrogen) atoms. The summed E-state index contributed by atoms with van der Waals surface area (Å²) in [5, 5.41) is 12.7. The summed E-state index contributed by atoms with van der Waals surface area (Å²) in [7, 11) is 0. The second kappa shape index (κ2) is 4.97. The maximum absolute atomic E-state index is 11.5. The van der Waals surface area contributed by atoms with Crippen molar-refractivity contribution in [3.8, 4) is 0 Å². The van der Waals surface area contributed by atoms with Gasteiger partial charge in [0, 0.05) is 0 Å². The highest BCUT2D eigenvalue weighted by Gasteiger charge is 2.47. The molecule has 0 heterocycles. The number of hydrogen-bond acceptors (Lipinski definition) is 2. The Bertz CT molecular complexity index is 224. The molecule has 1 fully saturated rings. The Morgan fingerprint density at radius 1 is 1.53 bits per heavy atom. The number of nitrogens with one attached hydrogen (secondary N) is 1. The summed E-state index contributed by atoms with van der Waals surface area (Å²) in [6.45, 7) is 6.97. The number of carboxylic acid groups (broad SMARTS) is 1. The van der Waals surface area contributed by atoms with Crippen molar-refractivity contribution >= 4 is 5.97 Å². The van der Waals surface area contributed by atoms with Gasteiger partial charge in [0.1, 0.15) is 5.54 Å². The molecule has 3 heteroatoms. The lowest BCUT2D eigenvalue weighted by Gasteiger charge is -2.43. The van der Waals surface area contributed by atoms with Crippen LogP contribution in [0.2, 0.25) is 0 Å². The summed E-state index contributed by atoms with van der Waals surface area (Å²) in [5.74, 6) is 0.0342. The van der Waals surface area contributed by atoms with Crippen LogP contribution in [0, 0.1) is 11.8 Å². The topological polar surface area (TPSA) is 49.3 Å². The van der Waals surface area contributed by atoms with Crippen molar-refractivity contribution < 1.29 is 9.90 Å². The van der Waals surface area contributed by atoms with Gasteiger partial charge in [-0.15, -0.1) is 0 Å².